The third-order valence-electron chi connectivity index (χ3n) is 1.67. The molecule has 1 aromatic heterocycles. The van der Waals surface area contributed by atoms with E-state index in [-0.39, 0.29) is 0 Å². The Labute approximate surface area is 96.5 Å². The highest BCUT2D eigenvalue weighted by molar-refractivity contribution is 6.16. The molecule has 1 aromatic rings. The third-order valence-corrected chi connectivity index (χ3v) is 1.96. The molecule has 3 nitrogen and oxygen atoms in total. The van der Waals surface area contributed by atoms with Gasteiger partial charge in [-0.15, -0.1) is 11.6 Å². The van der Waals surface area contributed by atoms with Crippen molar-refractivity contribution < 1.29 is 0 Å². The number of nitrogens with one attached hydrogen (secondary N) is 1. The first-order valence-electron chi connectivity index (χ1n) is 5.24. The number of unbranched alkanes of at least 4 members (excludes halogenated alkanes) is 1. The van der Waals surface area contributed by atoms with E-state index in [0.717, 1.165) is 30.8 Å². The molecule has 0 radical (unpaired) electrons. The smallest absolute Gasteiger partial charge is 0.106 e. The molecule has 0 saturated heterocycles. The minimum atomic E-state index is 0.525. The van der Waals surface area contributed by atoms with Gasteiger partial charge in [-0.1, -0.05) is 13.8 Å². The van der Waals surface area contributed by atoms with Gasteiger partial charge < -0.3 is 4.98 Å². The van der Waals surface area contributed by atoms with Crippen LogP contribution in [-0.4, -0.2) is 9.97 Å². The molecule has 0 fully saturated rings. The summed E-state index contributed by atoms with van der Waals surface area (Å²) >= 11 is 5.57. The Balaban J connectivity index is 0.000000336. The van der Waals surface area contributed by atoms with Crippen LogP contribution in [0.5, 0.6) is 0 Å². The molecule has 1 rings (SSSR count). The fourth-order valence-corrected chi connectivity index (χ4v) is 1.09. The van der Waals surface area contributed by atoms with Crippen LogP contribution in [-0.2, 0) is 12.3 Å². The molecule has 0 aliphatic heterocycles. The number of aromatic amines is 1. The number of halogens is 1. The molecule has 0 saturated carbocycles. The van der Waals surface area contributed by atoms with Crippen molar-refractivity contribution in [2.24, 2.45) is 0 Å². The van der Waals surface area contributed by atoms with Gasteiger partial charge in [-0.05, 0) is 12.8 Å². The van der Waals surface area contributed by atoms with Gasteiger partial charge in [0.15, 0.2) is 0 Å². The topological polar surface area (TPSA) is 52.5 Å². The number of alkyl halides is 1. The summed E-state index contributed by atoms with van der Waals surface area (Å²) in [4.78, 5) is 7.26. The Morgan fingerprint density at radius 1 is 1.47 bits per heavy atom. The quantitative estimate of drug-likeness (QED) is 0.802. The van der Waals surface area contributed by atoms with E-state index >= 15 is 0 Å². The summed E-state index contributed by atoms with van der Waals surface area (Å²) in [7, 11) is 0. The summed E-state index contributed by atoms with van der Waals surface area (Å²) in [5.41, 5.74) is 1.00. The normalized spacial score (nSPS) is 8.93. The molecular weight excluding hydrogens is 210 g/mol. The van der Waals surface area contributed by atoms with Gasteiger partial charge in [0.05, 0.1) is 11.9 Å². The lowest BCUT2D eigenvalue weighted by atomic mass is 10.3. The van der Waals surface area contributed by atoms with Gasteiger partial charge >= 0.3 is 0 Å². The average Bonchev–Trinajstić information content (AvgIpc) is 2.68. The minimum Gasteiger partial charge on any atom is -0.345 e. The summed E-state index contributed by atoms with van der Waals surface area (Å²) in [6.45, 7) is 4.12. The van der Waals surface area contributed by atoms with E-state index in [1.807, 2.05) is 13.0 Å². The first-order chi connectivity index (χ1) is 7.28. The molecule has 15 heavy (non-hydrogen) atoms. The Morgan fingerprint density at radius 3 is 2.53 bits per heavy atom. The molecule has 0 aromatic carbocycles. The van der Waals surface area contributed by atoms with Gasteiger partial charge in [0.1, 0.15) is 5.82 Å². The van der Waals surface area contributed by atoms with E-state index in [9.17, 15) is 0 Å². The van der Waals surface area contributed by atoms with Crippen LogP contribution in [0, 0.1) is 11.3 Å². The molecule has 4 heteroatoms. The van der Waals surface area contributed by atoms with Gasteiger partial charge in [0.25, 0.3) is 0 Å². The molecule has 0 aliphatic carbocycles. The van der Waals surface area contributed by atoms with E-state index in [4.69, 9.17) is 16.9 Å². The second kappa shape index (κ2) is 9.54. The van der Waals surface area contributed by atoms with Crippen LogP contribution in [0.15, 0.2) is 6.20 Å². The Morgan fingerprint density at radius 2 is 2.20 bits per heavy atom. The van der Waals surface area contributed by atoms with E-state index in [1.54, 1.807) is 6.20 Å². The van der Waals surface area contributed by atoms with Crippen molar-refractivity contribution in [3.63, 3.8) is 0 Å². The standard InChI is InChI=1S/C7H11ClN2.C4H7N/c1-2-3-7-9-5-6(4-8)10-7;1-2-3-4-5/h5H,2-4H2,1H3,(H,9,10);2-3H2,1H3. The number of hydrogen-bond donors (Lipinski definition) is 1. The number of nitrogens with zero attached hydrogens (tertiary/aromatic N) is 2. The Bertz CT molecular complexity index is 288. The number of aromatic nitrogens is 2. The van der Waals surface area contributed by atoms with Crippen LogP contribution in [0.4, 0.5) is 0 Å². The molecular formula is C11H18ClN3. The van der Waals surface area contributed by atoms with Crippen molar-refractivity contribution in [3.05, 3.63) is 17.7 Å². The van der Waals surface area contributed by atoms with Gasteiger partial charge in [-0.2, -0.15) is 5.26 Å². The number of nitriles is 1. The molecule has 1 heterocycles. The van der Waals surface area contributed by atoms with Gasteiger partial charge in [-0.25, -0.2) is 4.98 Å². The maximum absolute atomic E-state index is 7.82. The molecule has 0 amide bonds. The number of H-pyrrole nitrogens is 1. The fraction of sp³-hybridized carbons (Fsp3) is 0.636. The molecule has 0 aliphatic rings. The number of rotatable bonds is 4. The summed E-state index contributed by atoms with van der Waals surface area (Å²) in [6, 6.07) is 2.02. The molecule has 1 N–H and O–H groups in total. The lowest BCUT2D eigenvalue weighted by molar-refractivity contribution is 0.853. The van der Waals surface area contributed by atoms with Crippen LogP contribution in [0.25, 0.3) is 0 Å². The van der Waals surface area contributed by atoms with Crippen molar-refractivity contribution in [1.82, 2.24) is 9.97 Å². The second-order valence-electron chi connectivity index (χ2n) is 3.15. The van der Waals surface area contributed by atoms with E-state index in [2.05, 4.69) is 16.9 Å². The Hall–Kier alpha value is -1.01. The number of hydrogen-bond acceptors (Lipinski definition) is 2. The Kier molecular flexibility index (Phi) is 8.90. The van der Waals surface area contributed by atoms with Crippen LogP contribution < -0.4 is 0 Å². The SMILES string of the molecule is CCCC#N.CCCc1ncc(CCl)[nH]1. The maximum Gasteiger partial charge on any atom is 0.106 e. The monoisotopic (exact) mass is 227 g/mol. The highest BCUT2D eigenvalue weighted by Crippen LogP contribution is 2.01. The highest BCUT2D eigenvalue weighted by Gasteiger charge is 1.96. The summed E-state index contributed by atoms with van der Waals surface area (Å²) < 4.78 is 0. The van der Waals surface area contributed by atoms with Crippen LogP contribution >= 0.6 is 11.6 Å². The molecule has 0 spiro atoms. The lowest BCUT2D eigenvalue weighted by Crippen LogP contribution is -1.85. The second-order valence-corrected chi connectivity index (χ2v) is 3.41. The highest BCUT2D eigenvalue weighted by atomic mass is 35.5. The minimum absolute atomic E-state index is 0.525. The first-order valence-corrected chi connectivity index (χ1v) is 5.77. The molecule has 0 unspecified atom stereocenters. The van der Waals surface area contributed by atoms with Gasteiger partial charge in [0.2, 0.25) is 0 Å². The third kappa shape index (κ3) is 6.98. The summed E-state index contributed by atoms with van der Waals surface area (Å²) in [6.07, 6.45) is 5.60. The fourth-order valence-electron chi connectivity index (χ4n) is 0.949. The molecule has 0 atom stereocenters. The summed E-state index contributed by atoms with van der Waals surface area (Å²) in [5.74, 6) is 1.56. The zero-order valence-corrected chi connectivity index (χ0v) is 10.1. The first kappa shape index (κ1) is 14.0. The predicted octanol–water partition coefficient (Wildman–Crippen LogP) is 3.41. The zero-order chi connectivity index (χ0) is 11.5. The van der Waals surface area contributed by atoms with Crippen LogP contribution in [0.3, 0.4) is 0 Å². The molecule has 0 bridgehead atoms. The number of imidazole rings is 1. The van der Waals surface area contributed by atoms with Gasteiger partial charge in [-0.3, -0.25) is 0 Å². The van der Waals surface area contributed by atoms with Crippen molar-refractivity contribution >= 4 is 11.6 Å². The van der Waals surface area contributed by atoms with Crippen molar-refractivity contribution in [2.45, 2.75) is 45.4 Å². The summed E-state index contributed by atoms with van der Waals surface area (Å²) in [5, 5.41) is 7.82. The van der Waals surface area contributed by atoms with Crippen molar-refractivity contribution in [2.75, 3.05) is 0 Å². The van der Waals surface area contributed by atoms with E-state index in [1.165, 1.54) is 0 Å². The number of aryl methyl sites for hydroxylation is 1. The van der Waals surface area contributed by atoms with Gasteiger partial charge in [0, 0.05) is 24.7 Å². The van der Waals surface area contributed by atoms with E-state index in [0.29, 0.717) is 12.3 Å². The predicted molar refractivity (Wildman–Crippen MR) is 62.7 cm³/mol. The van der Waals surface area contributed by atoms with Crippen molar-refractivity contribution in [1.29, 1.82) is 5.26 Å². The largest absolute Gasteiger partial charge is 0.345 e. The van der Waals surface area contributed by atoms with Crippen LogP contribution in [0.1, 0.15) is 44.6 Å². The molecule has 84 valence electrons. The average molecular weight is 228 g/mol. The zero-order valence-electron chi connectivity index (χ0n) is 9.39. The van der Waals surface area contributed by atoms with Crippen molar-refractivity contribution in [3.8, 4) is 6.07 Å². The van der Waals surface area contributed by atoms with E-state index < -0.39 is 0 Å². The maximum atomic E-state index is 7.82. The lowest BCUT2D eigenvalue weighted by Gasteiger charge is -1.88. The van der Waals surface area contributed by atoms with Crippen LogP contribution in [0.2, 0.25) is 0 Å².